The molecule has 7 heteroatoms. The minimum Gasteiger partial charge on any atom is -0.406 e. The lowest BCUT2D eigenvalue weighted by molar-refractivity contribution is -0.274. The molecule has 3 nitrogen and oxygen atoms in total. The Morgan fingerprint density at radius 3 is 2.55 bits per heavy atom. The van der Waals surface area contributed by atoms with Crippen molar-refractivity contribution in [1.29, 1.82) is 0 Å². The molecule has 1 heterocycles. The summed E-state index contributed by atoms with van der Waals surface area (Å²) >= 11 is 0. The number of ether oxygens (including phenoxy) is 1. The van der Waals surface area contributed by atoms with Crippen LogP contribution in [-0.4, -0.2) is 11.3 Å². The highest BCUT2D eigenvalue weighted by molar-refractivity contribution is 5.36. The molecule has 0 saturated carbocycles. The molecule has 0 unspecified atom stereocenters. The van der Waals surface area contributed by atoms with E-state index in [1.165, 1.54) is 30.3 Å². The number of anilines is 1. The van der Waals surface area contributed by atoms with Crippen LogP contribution in [0.4, 0.5) is 23.4 Å². The molecule has 106 valence electrons. The molecule has 1 N–H and O–H groups in total. The van der Waals surface area contributed by atoms with Gasteiger partial charge in [-0.25, -0.2) is 4.98 Å². The van der Waals surface area contributed by atoms with E-state index in [0.29, 0.717) is 11.4 Å². The van der Waals surface area contributed by atoms with Gasteiger partial charge in [-0.15, -0.1) is 13.2 Å². The molecule has 0 fully saturated rings. The van der Waals surface area contributed by atoms with Crippen LogP contribution in [0.25, 0.3) is 0 Å². The number of benzene rings is 1. The molecule has 0 radical (unpaired) electrons. The van der Waals surface area contributed by atoms with Crippen molar-refractivity contribution in [3.63, 3.8) is 0 Å². The van der Waals surface area contributed by atoms with E-state index in [9.17, 15) is 17.6 Å². The normalized spacial score (nSPS) is 11.2. The van der Waals surface area contributed by atoms with Crippen LogP contribution in [0.5, 0.6) is 5.75 Å². The van der Waals surface area contributed by atoms with Gasteiger partial charge >= 0.3 is 6.36 Å². The first-order chi connectivity index (χ1) is 9.42. The lowest BCUT2D eigenvalue weighted by Gasteiger charge is -2.10. The van der Waals surface area contributed by atoms with Crippen LogP contribution in [0.15, 0.2) is 42.5 Å². The smallest absolute Gasteiger partial charge is 0.406 e. The SMILES string of the molecule is Fc1cccc(NCc2cccc(OC(F)(F)F)c2)n1. The number of pyridine rings is 1. The summed E-state index contributed by atoms with van der Waals surface area (Å²) < 4.78 is 52.9. The van der Waals surface area contributed by atoms with E-state index in [0.717, 1.165) is 0 Å². The van der Waals surface area contributed by atoms with Gasteiger partial charge < -0.3 is 10.1 Å². The van der Waals surface area contributed by atoms with Gasteiger partial charge in [0.1, 0.15) is 11.6 Å². The summed E-state index contributed by atoms with van der Waals surface area (Å²) in [6, 6.07) is 9.75. The van der Waals surface area contributed by atoms with Crippen molar-refractivity contribution in [3.05, 3.63) is 54.0 Å². The van der Waals surface area contributed by atoms with Crippen molar-refractivity contribution in [2.24, 2.45) is 0 Å². The number of nitrogens with one attached hydrogen (secondary N) is 1. The van der Waals surface area contributed by atoms with Gasteiger partial charge in [0.2, 0.25) is 5.95 Å². The van der Waals surface area contributed by atoms with E-state index in [4.69, 9.17) is 0 Å². The molecule has 2 aromatic rings. The Bertz CT molecular complexity index is 587. The van der Waals surface area contributed by atoms with Crippen LogP contribution in [-0.2, 0) is 6.54 Å². The van der Waals surface area contributed by atoms with Gasteiger partial charge in [-0.2, -0.15) is 4.39 Å². The maximum absolute atomic E-state index is 12.8. The first kappa shape index (κ1) is 14.1. The average molecular weight is 286 g/mol. The fourth-order valence-corrected chi connectivity index (χ4v) is 1.55. The molecule has 2 rings (SSSR count). The highest BCUT2D eigenvalue weighted by atomic mass is 19.4. The number of nitrogens with zero attached hydrogens (tertiary/aromatic N) is 1. The summed E-state index contributed by atoms with van der Waals surface area (Å²) in [6.07, 6.45) is -4.73. The number of halogens is 4. The predicted molar refractivity (Wildman–Crippen MR) is 64.6 cm³/mol. The van der Waals surface area contributed by atoms with Crippen molar-refractivity contribution in [2.45, 2.75) is 12.9 Å². The standard InChI is InChI=1S/C13H10F4N2O/c14-11-5-2-6-12(19-11)18-8-9-3-1-4-10(7-9)20-13(15,16)17/h1-7H,8H2,(H,18,19). The Morgan fingerprint density at radius 1 is 1.10 bits per heavy atom. The van der Waals surface area contributed by atoms with Crippen molar-refractivity contribution in [2.75, 3.05) is 5.32 Å². The van der Waals surface area contributed by atoms with Crippen molar-refractivity contribution in [1.82, 2.24) is 4.98 Å². The summed E-state index contributed by atoms with van der Waals surface area (Å²) in [5.74, 6) is -0.639. The zero-order valence-corrected chi connectivity index (χ0v) is 10.1. The number of hydrogen-bond acceptors (Lipinski definition) is 3. The first-order valence-electron chi connectivity index (χ1n) is 5.63. The van der Waals surface area contributed by atoms with Crippen LogP contribution in [0.3, 0.4) is 0 Å². The quantitative estimate of drug-likeness (QED) is 0.687. The lowest BCUT2D eigenvalue weighted by atomic mass is 10.2. The fourth-order valence-electron chi connectivity index (χ4n) is 1.55. The molecule has 0 spiro atoms. The highest BCUT2D eigenvalue weighted by Gasteiger charge is 2.31. The predicted octanol–water partition coefficient (Wildman–Crippen LogP) is 3.73. The third kappa shape index (κ3) is 4.42. The summed E-state index contributed by atoms with van der Waals surface area (Å²) in [4.78, 5) is 3.58. The highest BCUT2D eigenvalue weighted by Crippen LogP contribution is 2.23. The monoisotopic (exact) mass is 286 g/mol. The van der Waals surface area contributed by atoms with E-state index in [2.05, 4.69) is 15.0 Å². The number of rotatable bonds is 4. The van der Waals surface area contributed by atoms with Crippen molar-refractivity contribution in [3.8, 4) is 5.75 Å². The summed E-state index contributed by atoms with van der Waals surface area (Å²) in [7, 11) is 0. The van der Waals surface area contributed by atoms with Crippen LogP contribution >= 0.6 is 0 Å². The van der Waals surface area contributed by atoms with E-state index in [1.807, 2.05) is 0 Å². The zero-order valence-electron chi connectivity index (χ0n) is 10.1. The summed E-state index contributed by atoms with van der Waals surface area (Å²) in [5.41, 5.74) is 0.554. The van der Waals surface area contributed by atoms with Crippen molar-refractivity contribution >= 4 is 5.82 Å². The van der Waals surface area contributed by atoms with Crippen LogP contribution in [0.1, 0.15) is 5.56 Å². The third-order valence-corrected chi connectivity index (χ3v) is 2.32. The van der Waals surface area contributed by atoms with Crippen molar-refractivity contribution < 1.29 is 22.3 Å². The van der Waals surface area contributed by atoms with Gasteiger partial charge in [-0.05, 0) is 29.8 Å². The summed E-state index contributed by atoms with van der Waals surface area (Å²) in [5, 5.41) is 2.80. The first-order valence-corrected chi connectivity index (χ1v) is 5.63. The van der Waals surface area contributed by atoms with Gasteiger partial charge in [0.05, 0.1) is 0 Å². The Kier molecular flexibility index (Phi) is 4.07. The molecular weight excluding hydrogens is 276 g/mol. The fraction of sp³-hybridized carbons (Fsp3) is 0.154. The maximum Gasteiger partial charge on any atom is 0.573 e. The molecule has 0 aliphatic carbocycles. The summed E-state index contributed by atoms with van der Waals surface area (Å²) in [6.45, 7) is 0.200. The Balaban J connectivity index is 2.01. The minimum atomic E-state index is -4.73. The zero-order chi connectivity index (χ0) is 14.6. The molecule has 0 bridgehead atoms. The van der Waals surface area contributed by atoms with E-state index in [1.54, 1.807) is 12.1 Å². The second-order valence-corrected chi connectivity index (χ2v) is 3.89. The molecule has 0 atom stereocenters. The molecule has 0 aliphatic heterocycles. The topological polar surface area (TPSA) is 34.1 Å². The number of hydrogen-bond donors (Lipinski definition) is 1. The molecule has 0 amide bonds. The van der Waals surface area contributed by atoms with E-state index < -0.39 is 12.3 Å². The molecule has 20 heavy (non-hydrogen) atoms. The lowest BCUT2D eigenvalue weighted by Crippen LogP contribution is -2.17. The Morgan fingerprint density at radius 2 is 1.85 bits per heavy atom. The van der Waals surface area contributed by atoms with Gasteiger partial charge in [0, 0.05) is 6.54 Å². The third-order valence-electron chi connectivity index (χ3n) is 2.32. The molecule has 0 saturated heterocycles. The maximum atomic E-state index is 12.8. The number of aromatic nitrogens is 1. The van der Waals surface area contributed by atoms with Crippen LogP contribution < -0.4 is 10.1 Å². The Hall–Kier alpha value is -2.31. The molecule has 1 aromatic heterocycles. The second kappa shape index (κ2) is 5.77. The van der Waals surface area contributed by atoms with Gasteiger partial charge in [-0.1, -0.05) is 18.2 Å². The minimum absolute atomic E-state index is 0.200. The van der Waals surface area contributed by atoms with E-state index in [-0.39, 0.29) is 12.3 Å². The average Bonchev–Trinajstić information content (AvgIpc) is 2.35. The number of alkyl halides is 3. The van der Waals surface area contributed by atoms with Crippen LogP contribution in [0, 0.1) is 5.95 Å². The Labute approximate surface area is 112 Å². The molecule has 0 aliphatic rings. The van der Waals surface area contributed by atoms with Gasteiger partial charge in [-0.3, -0.25) is 0 Å². The van der Waals surface area contributed by atoms with Gasteiger partial charge in [0.25, 0.3) is 0 Å². The largest absolute Gasteiger partial charge is 0.573 e. The second-order valence-electron chi connectivity index (χ2n) is 3.89. The van der Waals surface area contributed by atoms with Crippen LogP contribution in [0.2, 0.25) is 0 Å². The van der Waals surface area contributed by atoms with Gasteiger partial charge in [0.15, 0.2) is 0 Å². The van der Waals surface area contributed by atoms with E-state index >= 15 is 0 Å². The molecular formula is C13H10F4N2O. The molecule has 1 aromatic carbocycles.